The summed E-state index contributed by atoms with van der Waals surface area (Å²) < 4.78 is 2.62. The molecule has 2 heteroatoms. The zero-order chi connectivity index (χ0) is 35.8. The summed E-state index contributed by atoms with van der Waals surface area (Å²) in [7, 11) is 0. The van der Waals surface area contributed by atoms with Crippen LogP contribution in [0.5, 0.6) is 0 Å². The third-order valence-electron chi connectivity index (χ3n) is 10.5. The summed E-state index contributed by atoms with van der Waals surface area (Å²) in [5.41, 5.74) is 13.1. The standard InChI is InChI=1S/C52H35NS/c1-3-12-36(13-4-1)38-22-28-42(29-23-38)53(43-30-24-39(25-31-43)37-14-5-2-6-15-37)44-32-26-41(27-33-44)48-35-52-50(47-19-9-10-21-51(47)54-52)34-49(48)46-20-11-17-40-16-7-8-18-45(40)46/h1-35H. The van der Waals surface area contributed by atoms with Gasteiger partial charge < -0.3 is 4.90 Å². The van der Waals surface area contributed by atoms with Crippen LogP contribution in [0.3, 0.4) is 0 Å². The Bertz CT molecular complexity index is 2800. The first-order chi connectivity index (χ1) is 26.8. The van der Waals surface area contributed by atoms with Crippen LogP contribution in [0.15, 0.2) is 212 Å². The highest BCUT2D eigenvalue weighted by molar-refractivity contribution is 7.25. The molecular formula is C52H35NS. The molecule has 0 bridgehead atoms. The predicted octanol–water partition coefficient (Wildman–Crippen LogP) is 15.3. The summed E-state index contributed by atoms with van der Waals surface area (Å²) in [5.74, 6) is 0. The fraction of sp³-hybridized carbons (Fsp3) is 0. The highest BCUT2D eigenvalue weighted by Crippen LogP contribution is 2.44. The molecule has 1 heterocycles. The molecule has 10 rings (SSSR count). The maximum Gasteiger partial charge on any atom is 0.0462 e. The van der Waals surface area contributed by atoms with E-state index in [4.69, 9.17) is 0 Å². The van der Waals surface area contributed by atoms with Crippen molar-refractivity contribution in [3.63, 3.8) is 0 Å². The van der Waals surface area contributed by atoms with Crippen molar-refractivity contribution in [2.75, 3.05) is 4.90 Å². The van der Waals surface area contributed by atoms with Gasteiger partial charge in [0, 0.05) is 37.2 Å². The molecule has 0 aliphatic heterocycles. The number of hydrogen-bond donors (Lipinski definition) is 0. The van der Waals surface area contributed by atoms with Crippen LogP contribution >= 0.6 is 11.3 Å². The van der Waals surface area contributed by atoms with Crippen molar-refractivity contribution < 1.29 is 0 Å². The van der Waals surface area contributed by atoms with Crippen molar-refractivity contribution >= 4 is 59.3 Å². The van der Waals surface area contributed by atoms with Crippen molar-refractivity contribution in [3.8, 4) is 44.5 Å². The number of thiophene rings is 1. The number of nitrogens with zero attached hydrogens (tertiary/aromatic N) is 1. The van der Waals surface area contributed by atoms with E-state index in [-0.39, 0.29) is 0 Å². The molecular weight excluding hydrogens is 671 g/mol. The molecule has 54 heavy (non-hydrogen) atoms. The van der Waals surface area contributed by atoms with Gasteiger partial charge in [0.05, 0.1) is 0 Å². The molecule has 0 aliphatic rings. The minimum absolute atomic E-state index is 1.10. The van der Waals surface area contributed by atoms with Crippen molar-refractivity contribution in [1.29, 1.82) is 0 Å². The van der Waals surface area contributed by atoms with E-state index in [1.807, 2.05) is 11.3 Å². The summed E-state index contributed by atoms with van der Waals surface area (Å²) >= 11 is 1.87. The molecule has 254 valence electrons. The van der Waals surface area contributed by atoms with Gasteiger partial charge >= 0.3 is 0 Å². The van der Waals surface area contributed by atoms with Gasteiger partial charge in [-0.2, -0.15) is 0 Å². The third-order valence-corrected chi connectivity index (χ3v) is 11.6. The van der Waals surface area contributed by atoms with E-state index < -0.39 is 0 Å². The molecule has 0 saturated heterocycles. The SMILES string of the molecule is c1ccc(-c2ccc(N(c3ccc(-c4ccccc4)cc3)c3ccc(-c4cc5sc6ccccc6c5cc4-c4cccc5ccccc45)cc3)cc2)cc1. The molecule has 1 aromatic heterocycles. The summed E-state index contributed by atoms with van der Waals surface area (Å²) in [5, 5.41) is 5.13. The second-order valence-electron chi connectivity index (χ2n) is 13.7. The van der Waals surface area contributed by atoms with Gasteiger partial charge in [-0.15, -0.1) is 11.3 Å². The minimum Gasteiger partial charge on any atom is -0.311 e. The van der Waals surface area contributed by atoms with Gasteiger partial charge in [-0.05, 0) is 110 Å². The summed E-state index contributed by atoms with van der Waals surface area (Å²) in [6, 6.07) is 77.1. The van der Waals surface area contributed by atoms with Gasteiger partial charge in [0.1, 0.15) is 0 Å². The average molecular weight is 706 g/mol. The highest BCUT2D eigenvalue weighted by atomic mass is 32.1. The first kappa shape index (κ1) is 32.0. The monoisotopic (exact) mass is 705 g/mol. The van der Waals surface area contributed by atoms with Crippen LogP contribution in [-0.4, -0.2) is 0 Å². The molecule has 10 aromatic rings. The van der Waals surface area contributed by atoms with Crippen LogP contribution < -0.4 is 4.90 Å². The number of rotatable bonds is 7. The zero-order valence-electron chi connectivity index (χ0n) is 29.6. The van der Waals surface area contributed by atoms with E-state index in [0.29, 0.717) is 0 Å². The van der Waals surface area contributed by atoms with Gasteiger partial charge in [0.25, 0.3) is 0 Å². The normalized spacial score (nSPS) is 11.3. The fourth-order valence-corrected chi connectivity index (χ4v) is 8.92. The van der Waals surface area contributed by atoms with E-state index >= 15 is 0 Å². The maximum atomic E-state index is 2.42. The first-order valence-electron chi connectivity index (χ1n) is 18.4. The van der Waals surface area contributed by atoms with Gasteiger partial charge in [0.15, 0.2) is 0 Å². The Balaban J connectivity index is 1.10. The molecule has 0 aliphatic carbocycles. The van der Waals surface area contributed by atoms with Crippen molar-refractivity contribution in [2.24, 2.45) is 0 Å². The molecule has 0 saturated carbocycles. The van der Waals surface area contributed by atoms with E-state index in [0.717, 1.165) is 17.1 Å². The molecule has 0 atom stereocenters. The van der Waals surface area contributed by atoms with E-state index in [1.54, 1.807) is 0 Å². The van der Waals surface area contributed by atoms with Crippen molar-refractivity contribution in [3.05, 3.63) is 212 Å². The van der Waals surface area contributed by atoms with E-state index in [1.165, 1.54) is 75.5 Å². The lowest BCUT2D eigenvalue weighted by Gasteiger charge is -2.26. The van der Waals surface area contributed by atoms with Crippen molar-refractivity contribution in [1.82, 2.24) is 0 Å². The first-order valence-corrected chi connectivity index (χ1v) is 19.2. The smallest absolute Gasteiger partial charge is 0.0462 e. The van der Waals surface area contributed by atoms with Gasteiger partial charge in [-0.1, -0.05) is 158 Å². The lowest BCUT2D eigenvalue weighted by atomic mass is 9.90. The van der Waals surface area contributed by atoms with Gasteiger partial charge in [0.2, 0.25) is 0 Å². The zero-order valence-corrected chi connectivity index (χ0v) is 30.4. The topological polar surface area (TPSA) is 3.24 Å². The Labute approximate surface area is 319 Å². The largest absolute Gasteiger partial charge is 0.311 e. The Morgan fingerprint density at radius 2 is 0.759 bits per heavy atom. The van der Waals surface area contributed by atoms with Crippen LogP contribution in [0.4, 0.5) is 17.1 Å². The molecule has 0 unspecified atom stereocenters. The molecule has 0 amide bonds. The molecule has 0 fully saturated rings. The Morgan fingerprint density at radius 1 is 0.278 bits per heavy atom. The fourth-order valence-electron chi connectivity index (χ4n) is 7.80. The molecule has 0 radical (unpaired) electrons. The van der Waals surface area contributed by atoms with Crippen molar-refractivity contribution in [2.45, 2.75) is 0 Å². The third kappa shape index (κ3) is 5.84. The maximum absolute atomic E-state index is 2.42. The van der Waals surface area contributed by atoms with Crippen LogP contribution in [0.25, 0.3) is 75.5 Å². The minimum atomic E-state index is 1.10. The van der Waals surface area contributed by atoms with Crippen LogP contribution in [0, 0.1) is 0 Å². The molecule has 0 spiro atoms. The van der Waals surface area contributed by atoms with Crippen LogP contribution in [-0.2, 0) is 0 Å². The van der Waals surface area contributed by atoms with Gasteiger partial charge in [-0.3, -0.25) is 0 Å². The molecule has 1 nitrogen and oxygen atoms in total. The van der Waals surface area contributed by atoms with E-state index in [2.05, 4.69) is 217 Å². The predicted molar refractivity (Wildman–Crippen MR) is 233 cm³/mol. The average Bonchev–Trinajstić information content (AvgIpc) is 3.62. The Kier molecular flexibility index (Phi) is 8.09. The number of hydrogen-bond acceptors (Lipinski definition) is 2. The lowest BCUT2D eigenvalue weighted by Crippen LogP contribution is -2.09. The number of anilines is 3. The van der Waals surface area contributed by atoms with Crippen LogP contribution in [0.2, 0.25) is 0 Å². The number of benzene rings is 9. The Hall–Kier alpha value is -6.74. The van der Waals surface area contributed by atoms with Gasteiger partial charge in [-0.25, -0.2) is 0 Å². The summed E-state index contributed by atoms with van der Waals surface area (Å²) in [4.78, 5) is 2.36. The molecule has 9 aromatic carbocycles. The summed E-state index contributed by atoms with van der Waals surface area (Å²) in [6.45, 7) is 0. The Morgan fingerprint density at radius 3 is 1.37 bits per heavy atom. The molecule has 0 N–H and O–H groups in total. The second-order valence-corrected chi connectivity index (χ2v) is 14.8. The highest BCUT2D eigenvalue weighted by Gasteiger charge is 2.18. The van der Waals surface area contributed by atoms with Crippen LogP contribution in [0.1, 0.15) is 0 Å². The second kappa shape index (κ2) is 13.7. The quantitative estimate of drug-likeness (QED) is 0.160. The lowest BCUT2D eigenvalue weighted by molar-refractivity contribution is 1.28. The van der Waals surface area contributed by atoms with E-state index in [9.17, 15) is 0 Å². The number of fused-ring (bicyclic) bond motifs is 4. The summed E-state index contributed by atoms with van der Waals surface area (Å²) in [6.07, 6.45) is 0.